The van der Waals surface area contributed by atoms with Crippen molar-refractivity contribution < 1.29 is 13.2 Å². The van der Waals surface area contributed by atoms with Crippen LogP contribution in [0.15, 0.2) is 23.2 Å². The molecule has 0 saturated carbocycles. The first-order valence-electron chi connectivity index (χ1n) is 5.75. The number of amidine groups is 1. The fourth-order valence-corrected chi connectivity index (χ4v) is 2.97. The SMILES string of the molecule is CCC1CSC(Nc2c(Cl)cccc2C(F)(F)F)=N1. The summed E-state index contributed by atoms with van der Waals surface area (Å²) in [5.41, 5.74) is -0.900. The molecule has 1 heterocycles. The number of nitrogens with zero attached hydrogens (tertiary/aromatic N) is 1. The quantitative estimate of drug-likeness (QED) is 0.860. The zero-order valence-corrected chi connectivity index (χ0v) is 11.7. The van der Waals surface area contributed by atoms with Gasteiger partial charge in [-0.1, -0.05) is 36.4 Å². The molecule has 1 aromatic rings. The summed E-state index contributed by atoms with van der Waals surface area (Å²) < 4.78 is 38.7. The number of para-hydroxylation sites is 1. The summed E-state index contributed by atoms with van der Waals surface area (Å²) in [6, 6.07) is 3.88. The van der Waals surface area contributed by atoms with E-state index in [-0.39, 0.29) is 16.8 Å². The van der Waals surface area contributed by atoms with Crippen molar-refractivity contribution in [1.29, 1.82) is 0 Å². The molecule has 7 heteroatoms. The number of alkyl halides is 3. The minimum atomic E-state index is -4.44. The lowest BCUT2D eigenvalue weighted by Gasteiger charge is -2.15. The van der Waals surface area contributed by atoms with E-state index in [2.05, 4.69) is 10.3 Å². The summed E-state index contributed by atoms with van der Waals surface area (Å²) in [5, 5.41) is 3.24. The molecular formula is C12H12ClF3N2S. The standard InChI is InChI=1S/C12H12ClF3N2S/c1-2-7-6-19-11(17-7)18-10-8(12(14,15)16)4-3-5-9(10)13/h3-5,7H,2,6H2,1H3,(H,17,18). The van der Waals surface area contributed by atoms with Crippen LogP contribution in [0.3, 0.4) is 0 Å². The topological polar surface area (TPSA) is 24.4 Å². The molecule has 2 rings (SSSR count). The smallest absolute Gasteiger partial charge is 0.333 e. The molecule has 1 unspecified atom stereocenters. The van der Waals surface area contributed by atoms with Gasteiger partial charge in [0.15, 0.2) is 5.17 Å². The van der Waals surface area contributed by atoms with Crippen molar-refractivity contribution in [3.8, 4) is 0 Å². The average Bonchev–Trinajstić information content (AvgIpc) is 2.78. The van der Waals surface area contributed by atoms with Gasteiger partial charge in [0, 0.05) is 5.75 Å². The summed E-state index contributed by atoms with van der Waals surface area (Å²) in [4.78, 5) is 4.31. The summed E-state index contributed by atoms with van der Waals surface area (Å²) >= 11 is 7.27. The molecule has 0 bridgehead atoms. The van der Waals surface area contributed by atoms with Gasteiger partial charge in [0.05, 0.1) is 22.3 Å². The van der Waals surface area contributed by atoms with Gasteiger partial charge < -0.3 is 5.32 Å². The molecule has 2 nitrogen and oxygen atoms in total. The van der Waals surface area contributed by atoms with Gasteiger partial charge in [0.25, 0.3) is 0 Å². The molecule has 0 radical (unpaired) electrons. The minimum Gasteiger partial charge on any atom is -0.333 e. The summed E-state index contributed by atoms with van der Waals surface area (Å²) in [7, 11) is 0. The van der Waals surface area contributed by atoms with E-state index in [0.717, 1.165) is 18.2 Å². The number of benzene rings is 1. The Morgan fingerprint density at radius 3 is 2.79 bits per heavy atom. The van der Waals surface area contributed by atoms with Gasteiger partial charge >= 0.3 is 6.18 Å². The van der Waals surface area contributed by atoms with Crippen LogP contribution >= 0.6 is 23.4 Å². The Hall–Kier alpha value is -0.880. The van der Waals surface area contributed by atoms with Crippen LogP contribution in [-0.4, -0.2) is 17.0 Å². The maximum atomic E-state index is 12.9. The maximum Gasteiger partial charge on any atom is 0.418 e. The Labute approximate surface area is 118 Å². The number of aliphatic imine (C=N–C) groups is 1. The molecule has 1 atom stereocenters. The van der Waals surface area contributed by atoms with Crippen LogP contribution in [0.4, 0.5) is 18.9 Å². The van der Waals surface area contributed by atoms with Crippen molar-refractivity contribution in [3.63, 3.8) is 0 Å². The number of rotatable bonds is 2. The van der Waals surface area contributed by atoms with E-state index >= 15 is 0 Å². The molecule has 19 heavy (non-hydrogen) atoms. The van der Waals surface area contributed by atoms with Crippen molar-refractivity contribution in [1.82, 2.24) is 0 Å². The van der Waals surface area contributed by atoms with Crippen LogP contribution < -0.4 is 5.32 Å². The Morgan fingerprint density at radius 1 is 1.47 bits per heavy atom. The average molecular weight is 309 g/mol. The number of hydrogen-bond donors (Lipinski definition) is 1. The number of halogens is 4. The first kappa shape index (κ1) is 14.5. The molecule has 0 aliphatic carbocycles. The van der Waals surface area contributed by atoms with E-state index < -0.39 is 11.7 Å². The van der Waals surface area contributed by atoms with Crippen molar-refractivity contribution >= 4 is 34.2 Å². The Bertz CT molecular complexity index is 502. The summed E-state index contributed by atoms with van der Waals surface area (Å²) in [6.45, 7) is 1.99. The number of nitrogens with one attached hydrogen (secondary N) is 1. The molecule has 0 aromatic heterocycles. The molecule has 1 aliphatic heterocycles. The van der Waals surface area contributed by atoms with Gasteiger partial charge in [-0.05, 0) is 18.6 Å². The lowest BCUT2D eigenvalue weighted by Crippen LogP contribution is -2.14. The number of hydrogen-bond acceptors (Lipinski definition) is 3. The van der Waals surface area contributed by atoms with Crippen LogP contribution in [0.2, 0.25) is 5.02 Å². The lowest BCUT2D eigenvalue weighted by molar-refractivity contribution is -0.136. The third-order valence-electron chi connectivity index (χ3n) is 2.73. The Balaban J connectivity index is 2.30. The van der Waals surface area contributed by atoms with Gasteiger partial charge in [-0.15, -0.1) is 0 Å². The third-order valence-corrected chi connectivity index (χ3v) is 4.08. The molecule has 0 amide bonds. The van der Waals surface area contributed by atoms with Crippen LogP contribution in [0.5, 0.6) is 0 Å². The normalized spacial score (nSPS) is 19.4. The maximum absolute atomic E-state index is 12.9. The van der Waals surface area contributed by atoms with Crippen LogP contribution in [0.25, 0.3) is 0 Å². The Morgan fingerprint density at radius 2 is 2.21 bits per heavy atom. The van der Waals surface area contributed by atoms with Crippen molar-refractivity contribution in [2.75, 3.05) is 11.1 Å². The summed E-state index contributed by atoms with van der Waals surface area (Å²) in [5.74, 6) is 0.782. The zero-order chi connectivity index (χ0) is 14.0. The molecule has 0 saturated heterocycles. The first-order chi connectivity index (χ1) is 8.91. The first-order valence-corrected chi connectivity index (χ1v) is 7.11. The van der Waals surface area contributed by atoms with Gasteiger partial charge in [-0.25, -0.2) is 0 Å². The minimum absolute atomic E-state index is 0.0399. The van der Waals surface area contributed by atoms with Gasteiger partial charge in [-0.2, -0.15) is 13.2 Å². The molecule has 0 fully saturated rings. The second-order valence-corrected chi connectivity index (χ2v) is 5.51. The summed E-state index contributed by atoms with van der Waals surface area (Å²) in [6.07, 6.45) is -3.58. The second-order valence-electron chi connectivity index (χ2n) is 4.09. The van der Waals surface area contributed by atoms with E-state index in [4.69, 9.17) is 11.6 Å². The highest BCUT2D eigenvalue weighted by Gasteiger charge is 2.35. The largest absolute Gasteiger partial charge is 0.418 e. The van der Waals surface area contributed by atoms with Crippen molar-refractivity contribution in [2.24, 2.45) is 4.99 Å². The van der Waals surface area contributed by atoms with E-state index in [1.54, 1.807) is 0 Å². The molecular weight excluding hydrogens is 297 g/mol. The van der Waals surface area contributed by atoms with Crippen LogP contribution in [-0.2, 0) is 6.18 Å². The zero-order valence-electron chi connectivity index (χ0n) is 10.1. The fourth-order valence-electron chi connectivity index (χ4n) is 1.69. The third kappa shape index (κ3) is 3.36. The Kier molecular flexibility index (Phi) is 4.30. The fraction of sp³-hybridized carbons (Fsp3) is 0.417. The van der Waals surface area contributed by atoms with Crippen LogP contribution in [0.1, 0.15) is 18.9 Å². The highest BCUT2D eigenvalue weighted by Crippen LogP contribution is 2.39. The van der Waals surface area contributed by atoms with Crippen molar-refractivity contribution in [2.45, 2.75) is 25.6 Å². The van der Waals surface area contributed by atoms with E-state index in [9.17, 15) is 13.2 Å². The van der Waals surface area contributed by atoms with E-state index in [1.807, 2.05) is 6.92 Å². The molecule has 1 N–H and O–H groups in total. The van der Waals surface area contributed by atoms with E-state index in [0.29, 0.717) is 5.17 Å². The van der Waals surface area contributed by atoms with Gasteiger partial charge in [0.1, 0.15) is 0 Å². The molecule has 0 spiro atoms. The second kappa shape index (κ2) is 5.63. The van der Waals surface area contributed by atoms with Gasteiger partial charge in [0.2, 0.25) is 0 Å². The number of anilines is 1. The number of thioether (sulfide) groups is 1. The monoisotopic (exact) mass is 308 g/mol. The molecule has 1 aromatic carbocycles. The molecule has 104 valence electrons. The van der Waals surface area contributed by atoms with Crippen molar-refractivity contribution in [3.05, 3.63) is 28.8 Å². The van der Waals surface area contributed by atoms with Crippen LogP contribution in [0, 0.1) is 0 Å². The lowest BCUT2D eigenvalue weighted by atomic mass is 10.1. The highest BCUT2D eigenvalue weighted by atomic mass is 35.5. The highest BCUT2D eigenvalue weighted by molar-refractivity contribution is 8.14. The van der Waals surface area contributed by atoms with Gasteiger partial charge in [-0.3, -0.25) is 4.99 Å². The predicted octanol–water partition coefficient (Wildman–Crippen LogP) is 4.65. The molecule has 1 aliphatic rings. The van der Waals surface area contributed by atoms with E-state index in [1.165, 1.54) is 23.9 Å². The predicted molar refractivity (Wildman–Crippen MR) is 74.0 cm³/mol.